The van der Waals surface area contributed by atoms with Crippen molar-refractivity contribution in [3.05, 3.63) is 66.5 Å². The number of carbonyl (C=O) groups is 1. The lowest BCUT2D eigenvalue weighted by atomic mass is 9.95. The van der Waals surface area contributed by atoms with E-state index in [1.807, 2.05) is 54.6 Å². The molecule has 0 saturated carbocycles. The maximum atomic E-state index is 12.6. The number of hydrogen-bond acceptors (Lipinski definition) is 5. The van der Waals surface area contributed by atoms with Crippen LogP contribution in [0, 0.1) is 5.92 Å². The van der Waals surface area contributed by atoms with Crippen molar-refractivity contribution in [2.24, 2.45) is 5.92 Å². The van der Waals surface area contributed by atoms with E-state index >= 15 is 0 Å². The van der Waals surface area contributed by atoms with Gasteiger partial charge < -0.3 is 14.6 Å². The van der Waals surface area contributed by atoms with Crippen molar-refractivity contribution in [2.75, 3.05) is 18.0 Å². The molecule has 4 aromatic rings. The van der Waals surface area contributed by atoms with Gasteiger partial charge >= 0.3 is 0 Å². The number of furan rings is 1. The zero-order valence-electron chi connectivity index (χ0n) is 16.0. The molecule has 0 unspecified atom stereocenters. The van der Waals surface area contributed by atoms with Gasteiger partial charge in [0.05, 0.1) is 0 Å². The summed E-state index contributed by atoms with van der Waals surface area (Å²) >= 11 is 0. The molecule has 29 heavy (non-hydrogen) atoms. The van der Waals surface area contributed by atoms with Gasteiger partial charge in [-0.15, -0.1) is 0 Å². The number of para-hydroxylation sites is 1. The molecule has 1 amide bonds. The Kier molecular flexibility index (Phi) is 4.60. The highest BCUT2D eigenvalue weighted by atomic mass is 16.3. The summed E-state index contributed by atoms with van der Waals surface area (Å²) in [7, 11) is 0. The Labute approximate surface area is 168 Å². The third-order valence-corrected chi connectivity index (χ3v) is 5.61. The van der Waals surface area contributed by atoms with Crippen LogP contribution in [-0.2, 0) is 11.3 Å². The first-order valence-electron chi connectivity index (χ1n) is 9.98. The van der Waals surface area contributed by atoms with E-state index in [1.54, 1.807) is 6.33 Å². The molecule has 0 radical (unpaired) electrons. The fourth-order valence-corrected chi connectivity index (χ4v) is 4.02. The molecule has 0 aliphatic carbocycles. The van der Waals surface area contributed by atoms with E-state index in [9.17, 15) is 4.79 Å². The molecule has 6 nitrogen and oxygen atoms in total. The number of anilines is 1. The molecule has 5 rings (SSSR count). The van der Waals surface area contributed by atoms with Crippen LogP contribution in [0.1, 0.15) is 18.4 Å². The number of nitrogens with one attached hydrogen (secondary N) is 1. The van der Waals surface area contributed by atoms with Crippen molar-refractivity contribution in [1.29, 1.82) is 0 Å². The standard InChI is InChI=1S/C23H22N4O2/c28-23(24-14-16-6-2-1-3-7-16)17-10-12-27(13-11-17)22-21-20(25-15-26-22)18-8-4-5-9-19(18)29-21/h1-9,15,17H,10-14H2,(H,24,28). The largest absolute Gasteiger partial charge is 0.450 e. The number of amides is 1. The Hall–Kier alpha value is -3.41. The quantitative estimate of drug-likeness (QED) is 0.576. The van der Waals surface area contributed by atoms with Crippen molar-refractivity contribution < 1.29 is 9.21 Å². The van der Waals surface area contributed by atoms with Gasteiger partial charge in [0.1, 0.15) is 17.4 Å². The zero-order valence-corrected chi connectivity index (χ0v) is 16.0. The van der Waals surface area contributed by atoms with E-state index in [0.717, 1.165) is 59.4 Å². The lowest BCUT2D eigenvalue weighted by Gasteiger charge is -2.31. The number of nitrogens with zero attached hydrogens (tertiary/aromatic N) is 3. The van der Waals surface area contributed by atoms with Crippen LogP contribution in [0.4, 0.5) is 5.82 Å². The monoisotopic (exact) mass is 386 g/mol. The van der Waals surface area contributed by atoms with Crippen LogP contribution in [0.25, 0.3) is 22.1 Å². The second-order valence-electron chi connectivity index (χ2n) is 7.44. The first kappa shape index (κ1) is 17.7. The Morgan fingerprint density at radius 2 is 1.79 bits per heavy atom. The van der Waals surface area contributed by atoms with Crippen molar-refractivity contribution >= 4 is 33.8 Å². The van der Waals surface area contributed by atoms with Gasteiger partial charge in [0.15, 0.2) is 11.4 Å². The maximum absolute atomic E-state index is 12.6. The van der Waals surface area contributed by atoms with Crippen LogP contribution < -0.4 is 10.2 Å². The van der Waals surface area contributed by atoms with Crippen LogP contribution in [0.15, 0.2) is 65.3 Å². The van der Waals surface area contributed by atoms with Crippen molar-refractivity contribution in [3.63, 3.8) is 0 Å². The number of aromatic nitrogens is 2. The van der Waals surface area contributed by atoms with Gasteiger partial charge in [0.2, 0.25) is 5.91 Å². The third-order valence-electron chi connectivity index (χ3n) is 5.61. The number of piperidine rings is 1. The Morgan fingerprint density at radius 3 is 2.62 bits per heavy atom. The average molecular weight is 386 g/mol. The molecule has 0 bridgehead atoms. The van der Waals surface area contributed by atoms with Gasteiger partial charge in [-0.05, 0) is 30.5 Å². The molecule has 1 N–H and O–H groups in total. The highest BCUT2D eigenvalue weighted by molar-refractivity contribution is 6.05. The molecule has 146 valence electrons. The normalized spacial score (nSPS) is 15.1. The van der Waals surface area contributed by atoms with Crippen LogP contribution in [0.5, 0.6) is 0 Å². The van der Waals surface area contributed by atoms with Crippen LogP contribution >= 0.6 is 0 Å². The summed E-state index contributed by atoms with van der Waals surface area (Å²) in [5, 5.41) is 4.07. The van der Waals surface area contributed by atoms with E-state index in [4.69, 9.17) is 4.42 Å². The van der Waals surface area contributed by atoms with Gasteiger partial charge in [0.25, 0.3) is 0 Å². The first-order valence-corrected chi connectivity index (χ1v) is 9.98. The fraction of sp³-hybridized carbons (Fsp3) is 0.261. The van der Waals surface area contributed by atoms with Gasteiger partial charge in [-0.1, -0.05) is 42.5 Å². The summed E-state index contributed by atoms with van der Waals surface area (Å²) in [6.45, 7) is 2.12. The van der Waals surface area contributed by atoms with E-state index in [1.165, 1.54) is 0 Å². The smallest absolute Gasteiger partial charge is 0.223 e. The van der Waals surface area contributed by atoms with E-state index < -0.39 is 0 Å². The predicted octanol–water partition coefficient (Wildman–Crippen LogP) is 3.91. The molecular weight excluding hydrogens is 364 g/mol. The van der Waals surface area contributed by atoms with Crippen LogP contribution in [0.3, 0.4) is 0 Å². The van der Waals surface area contributed by atoms with Gasteiger partial charge in [-0.3, -0.25) is 4.79 Å². The van der Waals surface area contributed by atoms with Crippen molar-refractivity contribution in [1.82, 2.24) is 15.3 Å². The third kappa shape index (κ3) is 3.42. The van der Waals surface area contributed by atoms with Gasteiger partial charge in [-0.25, -0.2) is 9.97 Å². The molecule has 1 fully saturated rings. The Morgan fingerprint density at radius 1 is 1.03 bits per heavy atom. The second-order valence-corrected chi connectivity index (χ2v) is 7.44. The minimum Gasteiger partial charge on any atom is -0.450 e. The lowest BCUT2D eigenvalue weighted by molar-refractivity contribution is -0.125. The molecule has 0 atom stereocenters. The van der Waals surface area contributed by atoms with Gasteiger partial charge in [-0.2, -0.15) is 0 Å². The molecule has 2 aromatic carbocycles. The molecule has 1 saturated heterocycles. The Balaban J connectivity index is 1.28. The number of benzene rings is 2. The Bertz CT molecular complexity index is 1150. The fourth-order valence-electron chi connectivity index (χ4n) is 4.02. The van der Waals surface area contributed by atoms with Crippen LogP contribution in [0.2, 0.25) is 0 Å². The van der Waals surface area contributed by atoms with Crippen LogP contribution in [-0.4, -0.2) is 29.0 Å². The van der Waals surface area contributed by atoms with E-state index in [2.05, 4.69) is 20.2 Å². The zero-order chi connectivity index (χ0) is 19.6. The lowest BCUT2D eigenvalue weighted by Crippen LogP contribution is -2.40. The van der Waals surface area contributed by atoms with E-state index in [-0.39, 0.29) is 11.8 Å². The number of hydrogen-bond donors (Lipinski definition) is 1. The summed E-state index contributed by atoms with van der Waals surface area (Å²) in [5.41, 5.74) is 3.50. The SMILES string of the molecule is O=C(NCc1ccccc1)C1CCN(c2ncnc3c2oc2ccccc23)CC1. The summed E-state index contributed by atoms with van der Waals surface area (Å²) in [6.07, 6.45) is 3.19. The molecular formula is C23H22N4O2. The number of rotatable bonds is 4. The van der Waals surface area contributed by atoms with E-state index in [0.29, 0.717) is 6.54 Å². The molecule has 2 aromatic heterocycles. The summed E-state index contributed by atoms with van der Waals surface area (Å²) < 4.78 is 6.05. The summed E-state index contributed by atoms with van der Waals surface area (Å²) in [6, 6.07) is 17.9. The molecule has 3 heterocycles. The number of fused-ring (bicyclic) bond motifs is 3. The molecule has 1 aliphatic rings. The van der Waals surface area contributed by atoms with Crippen molar-refractivity contribution in [3.8, 4) is 0 Å². The first-order chi connectivity index (χ1) is 14.3. The predicted molar refractivity (Wildman–Crippen MR) is 113 cm³/mol. The maximum Gasteiger partial charge on any atom is 0.223 e. The highest BCUT2D eigenvalue weighted by Gasteiger charge is 2.27. The average Bonchev–Trinajstić information content (AvgIpc) is 3.17. The topological polar surface area (TPSA) is 71.3 Å². The second kappa shape index (κ2) is 7.54. The number of carbonyl (C=O) groups excluding carboxylic acids is 1. The molecule has 6 heteroatoms. The highest BCUT2D eigenvalue weighted by Crippen LogP contribution is 2.33. The minimum atomic E-state index is 0.0305. The molecule has 1 aliphatic heterocycles. The minimum absolute atomic E-state index is 0.0305. The van der Waals surface area contributed by atoms with Gasteiger partial charge in [0, 0.05) is 30.9 Å². The summed E-state index contributed by atoms with van der Waals surface area (Å²) in [4.78, 5) is 23.7. The summed E-state index contributed by atoms with van der Waals surface area (Å²) in [5.74, 6) is 0.974. The van der Waals surface area contributed by atoms with Crippen molar-refractivity contribution in [2.45, 2.75) is 19.4 Å². The molecule has 0 spiro atoms.